The van der Waals surface area contributed by atoms with Crippen molar-refractivity contribution in [1.29, 1.82) is 0 Å². The van der Waals surface area contributed by atoms with Gasteiger partial charge in [-0.1, -0.05) is 62.9 Å². The highest BCUT2D eigenvalue weighted by Gasteiger charge is 2.21. The van der Waals surface area contributed by atoms with E-state index in [9.17, 15) is 9.59 Å². The molecule has 6 heteroatoms. The van der Waals surface area contributed by atoms with Crippen molar-refractivity contribution in [3.8, 4) is 0 Å². The van der Waals surface area contributed by atoms with Crippen LogP contribution in [-0.2, 0) is 9.59 Å². The number of nitrogens with zero attached hydrogens (tertiary/aromatic N) is 2. The van der Waals surface area contributed by atoms with Gasteiger partial charge in [-0.05, 0) is 36.2 Å². The average Bonchev–Trinajstić information content (AvgIpc) is 2.84. The first-order valence-electron chi connectivity index (χ1n) is 11.7. The van der Waals surface area contributed by atoms with Gasteiger partial charge in [0.1, 0.15) is 5.38 Å². The molecular formula is C26H34ClN3O2. The van der Waals surface area contributed by atoms with Crippen molar-refractivity contribution >= 4 is 34.8 Å². The molecule has 172 valence electrons. The molecule has 0 radical (unpaired) electrons. The normalized spacial score (nSPS) is 14.8. The molecule has 0 spiro atoms. The maximum atomic E-state index is 12.4. The molecule has 2 aromatic rings. The third-order valence-electron chi connectivity index (χ3n) is 5.95. The lowest BCUT2D eigenvalue weighted by Gasteiger charge is -2.36. The first-order valence-corrected chi connectivity index (χ1v) is 12.1. The summed E-state index contributed by atoms with van der Waals surface area (Å²) in [6.07, 6.45) is 6.53. The fourth-order valence-electron chi connectivity index (χ4n) is 3.99. The summed E-state index contributed by atoms with van der Waals surface area (Å²) in [5.41, 5.74) is 2.59. The number of hydrogen-bond acceptors (Lipinski definition) is 3. The van der Waals surface area contributed by atoms with Crippen LogP contribution in [0.1, 0.15) is 56.4 Å². The zero-order valence-corrected chi connectivity index (χ0v) is 19.7. The number of carbonyl (C=O) groups is 2. The zero-order valence-electron chi connectivity index (χ0n) is 18.9. The number of amides is 2. The van der Waals surface area contributed by atoms with E-state index in [0.29, 0.717) is 6.42 Å². The van der Waals surface area contributed by atoms with E-state index in [0.717, 1.165) is 56.0 Å². The van der Waals surface area contributed by atoms with Gasteiger partial charge < -0.3 is 15.1 Å². The van der Waals surface area contributed by atoms with Gasteiger partial charge in [0.2, 0.25) is 11.8 Å². The van der Waals surface area contributed by atoms with Crippen molar-refractivity contribution in [3.63, 3.8) is 0 Å². The van der Waals surface area contributed by atoms with Crippen molar-refractivity contribution < 1.29 is 9.59 Å². The monoisotopic (exact) mass is 455 g/mol. The maximum absolute atomic E-state index is 12.4. The van der Waals surface area contributed by atoms with Gasteiger partial charge in [-0.2, -0.15) is 0 Å². The largest absolute Gasteiger partial charge is 0.368 e. The first kappa shape index (κ1) is 24.1. The minimum atomic E-state index is -0.729. The minimum absolute atomic E-state index is 0.243. The fraction of sp³-hybridized carbons (Fsp3) is 0.462. The van der Waals surface area contributed by atoms with Crippen molar-refractivity contribution in [3.05, 3.63) is 60.2 Å². The Morgan fingerprint density at radius 2 is 1.56 bits per heavy atom. The lowest BCUT2D eigenvalue weighted by molar-refractivity contribution is -0.131. The van der Waals surface area contributed by atoms with Crippen molar-refractivity contribution in [2.24, 2.45) is 0 Å². The van der Waals surface area contributed by atoms with Crippen molar-refractivity contribution in [2.75, 3.05) is 36.4 Å². The molecule has 1 saturated heterocycles. The second kappa shape index (κ2) is 12.5. The number of carbonyl (C=O) groups excluding carboxylic acids is 2. The van der Waals surface area contributed by atoms with Crippen molar-refractivity contribution in [2.45, 2.75) is 50.8 Å². The van der Waals surface area contributed by atoms with Gasteiger partial charge in [-0.25, -0.2) is 0 Å². The second-order valence-electron chi connectivity index (χ2n) is 8.34. The summed E-state index contributed by atoms with van der Waals surface area (Å²) in [4.78, 5) is 29.1. The minimum Gasteiger partial charge on any atom is -0.368 e. The van der Waals surface area contributed by atoms with Crippen LogP contribution in [0.2, 0.25) is 0 Å². The number of alkyl halides is 1. The van der Waals surface area contributed by atoms with Crippen LogP contribution in [0.5, 0.6) is 0 Å². The van der Waals surface area contributed by atoms with Crippen LogP contribution in [0.4, 0.5) is 11.4 Å². The van der Waals surface area contributed by atoms with Gasteiger partial charge >= 0.3 is 0 Å². The quantitative estimate of drug-likeness (QED) is 0.374. The van der Waals surface area contributed by atoms with Gasteiger partial charge in [-0.15, -0.1) is 11.6 Å². The standard InChI is InChI=1S/C26H34ClN3O2/c1-2-3-4-5-9-12-24(31)30-19-17-29(18-20-30)23-15-13-22(14-16-23)28-26(32)25(27)21-10-7-6-8-11-21/h6-8,10-11,13-16,25H,2-5,9,12,17-20H2,1H3,(H,28,32). The van der Waals surface area contributed by atoms with Crippen LogP contribution < -0.4 is 10.2 Å². The van der Waals surface area contributed by atoms with Gasteiger partial charge in [0.25, 0.3) is 0 Å². The molecule has 0 aromatic heterocycles. The molecule has 1 aliphatic rings. The second-order valence-corrected chi connectivity index (χ2v) is 8.78. The third kappa shape index (κ3) is 6.99. The Morgan fingerprint density at radius 3 is 2.22 bits per heavy atom. The van der Waals surface area contributed by atoms with Gasteiger partial charge in [0.15, 0.2) is 0 Å². The van der Waals surface area contributed by atoms with Gasteiger partial charge in [0.05, 0.1) is 0 Å². The van der Waals surface area contributed by atoms with Crippen LogP contribution in [0.25, 0.3) is 0 Å². The van der Waals surface area contributed by atoms with Crippen LogP contribution in [0.15, 0.2) is 54.6 Å². The highest BCUT2D eigenvalue weighted by Crippen LogP contribution is 2.24. The van der Waals surface area contributed by atoms with Gasteiger partial charge in [-0.3, -0.25) is 9.59 Å². The zero-order chi connectivity index (χ0) is 22.8. The van der Waals surface area contributed by atoms with E-state index in [2.05, 4.69) is 17.1 Å². The number of hydrogen-bond donors (Lipinski definition) is 1. The smallest absolute Gasteiger partial charge is 0.246 e. The number of unbranched alkanes of at least 4 members (excludes halogenated alkanes) is 4. The van der Waals surface area contributed by atoms with E-state index in [-0.39, 0.29) is 11.8 Å². The number of piperazine rings is 1. The lowest BCUT2D eigenvalue weighted by atomic mass is 10.1. The molecular weight excluding hydrogens is 422 g/mol. The Balaban J connectivity index is 1.43. The summed E-state index contributed by atoms with van der Waals surface area (Å²) in [7, 11) is 0. The number of nitrogens with one attached hydrogen (secondary N) is 1. The summed E-state index contributed by atoms with van der Waals surface area (Å²) >= 11 is 6.30. The highest BCUT2D eigenvalue weighted by molar-refractivity contribution is 6.32. The van der Waals surface area contributed by atoms with Crippen molar-refractivity contribution in [1.82, 2.24) is 4.90 Å². The number of rotatable bonds is 10. The van der Waals surface area contributed by atoms with E-state index >= 15 is 0 Å². The molecule has 1 atom stereocenters. The summed E-state index contributed by atoms with van der Waals surface area (Å²) < 4.78 is 0. The summed E-state index contributed by atoms with van der Waals surface area (Å²) in [5, 5.41) is 2.15. The predicted octanol–water partition coefficient (Wildman–Crippen LogP) is 5.61. The molecule has 2 aromatic carbocycles. The SMILES string of the molecule is CCCCCCCC(=O)N1CCN(c2ccc(NC(=O)C(Cl)c3ccccc3)cc2)CC1. The molecule has 1 unspecified atom stereocenters. The number of anilines is 2. The first-order chi connectivity index (χ1) is 15.6. The molecule has 1 fully saturated rings. The Bertz CT molecular complexity index is 849. The molecule has 0 bridgehead atoms. The highest BCUT2D eigenvalue weighted by atomic mass is 35.5. The molecule has 5 nitrogen and oxygen atoms in total. The molecule has 1 heterocycles. The summed E-state index contributed by atoms with van der Waals surface area (Å²) in [6, 6.07) is 17.1. The van der Waals surface area contributed by atoms with E-state index in [4.69, 9.17) is 11.6 Å². The molecule has 0 saturated carbocycles. The Kier molecular flexibility index (Phi) is 9.42. The Labute approximate surface area is 196 Å². The molecule has 2 amide bonds. The van der Waals surface area contributed by atoms with E-state index in [1.807, 2.05) is 59.5 Å². The van der Waals surface area contributed by atoms with E-state index in [1.54, 1.807) is 0 Å². The van der Waals surface area contributed by atoms with Crippen LogP contribution in [0.3, 0.4) is 0 Å². The molecule has 1 aliphatic heterocycles. The predicted molar refractivity (Wildman–Crippen MR) is 132 cm³/mol. The molecule has 3 rings (SSSR count). The average molecular weight is 456 g/mol. The molecule has 32 heavy (non-hydrogen) atoms. The summed E-state index contributed by atoms with van der Waals surface area (Å²) in [6.45, 7) is 5.38. The molecule has 1 N–H and O–H groups in total. The maximum Gasteiger partial charge on any atom is 0.246 e. The Hall–Kier alpha value is -2.53. The molecule has 0 aliphatic carbocycles. The van der Waals surface area contributed by atoms with Gasteiger partial charge in [0, 0.05) is 44.0 Å². The number of halogens is 1. The Morgan fingerprint density at radius 1 is 0.906 bits per heavy atom. The van der Waals surface area contributed by atoms with Crippen LogP contribution in [0, 0.1) is 0 Å². The topological polar surface area (TPSA) is 52.7 Å². The van der Waals surface area contributed by atoms with Crippen LogP contribution >= 0.6 is 11.6 Å². The van der Waals surface area contributed by atoms with E-state index < -0.39 is 5.38 Å². The van der Waals surface area contributed by atoms with Crippen LogP contribution in [-0.4, -0.2) is 42.9 Å². The third-order valence-corrected chi connectivity index (χ3v) is 6.40. The fourth-order valence-corrected chi connectivity index (χ4v) is 4.19. The lowest BCUT2D eigenvalue weighted by Crippen LogP contribution is -2.48. The number of benzene rings is 2. The summed E-state index contributed by atoms with van der Waals surface area (Å²) in [5.74, 6) is 0.0423. The van der Waals surface area contributed by atoms with E-state index in [1.165, 1.54) is 19.3 Å².